The van der Waals surface area contributed by atoms with Gasteiger partial charge in [-0.2, -0.15) is 0 Å². The van der Waals surface area contributed by atoms with Gasteiger partial charge in [-0.25, -0.2) is 9.59 Å². The van der Waals surface area contributed by atoms with Gasteiger partial charge in [-0.15, -0.1) is 0 Å². The number of aliphatic carboxylic acids is 2. The summed E-state index contributed by atoms with van der Waals surface area (Å²) < 4.78 is 6.88. The topological polar surface area (TPSA) is 113 Å². The van der Waals surface area contributed by atoms with Crippen molar-refractivity contribution in [3.8, 4) is 5.75 Å². The molecule has 0 aliphatic heterocycles. The number of carbonyl (C=O) groups excluding carboxylic acids is 1. The van der Waals surface area contributed by atoms with Crippen LogP contribution < -0.4 is 10.1 Å². The minimum Gasteiger partial charge on any atom is -0.493 e. The molecule has 3 N–H and O–H groups in total. The molecule has 2 aromatic rings. The Morgan fingerprint density at radius 3 is 1.97 bits per heavy atom. The number of benzene rings is 2. The molecular weight excluding hydrogens is 502 g/mol. The number of ether oxygens (including phenoxy) is 1. The molecule has 34 heavy (non-hydrogen) atoms. The molecule has 2 aliphatic carbocycles. The molecule has 4 rings (SSSR count). The predicted molar refractivity (Wildman–Crippen MR) is 131 cm³/mol. The predicted octanol–water partition coefficient (Wildman–Crippen LogP) is 4.41. The molecule has 8 heteroatoms. The van der Waals surface area contributed by atoms with E-state index in [9.17, 15) is 14.4 Å². The zero-order chi connectivity index (χ0) is 24.5. The van der Waals surface area contributed by atoms with Crippen molar-refractivity contribution < 1.29 is 29.3 Å². The molecule has 2 atom stereocenters. The maximum absolute atomic E-state index is 12.5. The minimum atomic E-state index is -1.26. The van der Waals surface area contributed by atoms with Gasteiger partial charge in [0.1, 0.15) is 5.75 Å². The van der Waals surface area contributed by atoms with Crippen molar-refractivity contribution in [1.29, 1.82) is 0 Å². The number of rotatable bonds is 11. The molecule has 0 heterocycles. The Morgan fingerprint density at radius 1 is 0.882 bits per heavy atom. The molecule has 2 saturated carbocycles. The second-order valence-electron chi connectivity index (χ2n) is 8.54. The Labute approximate surface area is 207 Å². The van der Waals surface area contributed by atoms with Gasteiger partial charge in [0, 0.05) is 27.8 Å². The lowest BCUT2D eigenvalue weighted by Gasteiger charge is -2.08. The van der Waals surface area contributed by atoms with E-state index in [1.165, 1.54) is 25.8 Å². The van der Waals surface area contributed by atoms with Crippen molar-refractivity contribution in [2.45, 2.75) is 19.3 Å². The summed E-state index contributed by atoms with van der Waals surface area (Å²) in [4.78, 5) is 31.6. The summed E-state index contributed by atoms with van der Waals surface area (Å²) in [5, 5.41) is 19.2. The summed E-state index contributed by atoms with van der Waals surface area (Å²) in [5.74, 6) is 0.752. The van der Waals surface area contributed by atoms with Gasteiger partial charge in [0.15, 0.2) is 5.78 Å². The fourth-order valence-corrected chi connectivity index (χ4v) is 3.64. The number of hydrogen-bond acceptors (Lipinski definition) is 5. The average molecular weight is 530 g/mol. The SMILES string of the molecule is O=C(O)/C=C/C(=O)O.O=C(c1ccc(Br)cc1)c1ccc(OCC2CC2CNCC2CC2)cc1. The molecule has 2 aliphatic rings. The normalized spacial score (nSPS) is 18.6. The summed E-state index contributed by atoms with van der Waals surface area (Å²) in [6, 6.07) is 14.9. The molecule has 2 fully saturated rings. The van der Waals surface area contributed by atoms with Crippen molar-refractivity contribution in [3.63, 3.8) is 0 Å². The lowest BCUT2D eigenvalue weighted by atomic mass is 10.0. The highest BCUT2D eigenvalue weighted by Crippen LogP contribution is 2.38. The standard InChI is InChI=1S/C22H24BrNO2.C4H4O4/c23-20-7-3-16(4-8-20)22(25)17-5-9-21(10-6-17)26-14-19-11-18(19)13-24-12-15-1-2-15;5-3(6)1-2-4(7)8/h3-10,15,18-19,24H,1-2,11-14H2;1-2H,(H,5,6)(H,7,8)/b;2-1+. The van der Waals surface area contributed by atoms with Crippen molar-refractivity contribution in [1.82, 2.24) is 5.32 Å². The molecule has 0 spiro atoms. The van der Waals surface area contributed by atoms with Gasteiger partial charge < -0.3 is 20.3 Å². The second kappa shape index (κ2) is 12.5. The molecule has 0 amide bonds. The molecule has 2 unspecified atom stereocenters. The van der Waals surface area contributed by atoms with E-state index >= 15 is 0 Å². The van der Waals surface area contributed by atoms with Crippen LogP contribution in [0.25, 0.3) is 0 Å². The number of carboxylic acid groups (broad SMARTS) is 2. The van der Waals surface area contributed by atoms with Crippen molar-refractivity contribution in [3.05, 3.63) is 76.3 Å². The molecule has 180 valence electrons. The van der Waals surface area contributed by atoms with Crippen LogP contribution in [0.4, 0.5) is 0 Å². The highest BCUT2D eigenvalue weighted by molar-refractivity contribution is 9.10. The van der Waals surface area contributed by atoms with E-state index in [4.69, 9.17) is 14.9 Å². The van der Waals surface area contributed by atoms with E-state index < -0.39 is 11.9 Å². The van der Waals surface area contributed by atoms with E-state index in [0.717, 1.165) is 35.2 Å². The number of halogens is 1. The Bertz CT molecular complexity index is 999. The van der Waals surface area contributed by atoms with Gasteiger partial charge in [0.25, 0.3) is 0 Å². The summed E-state index contributed by atoms with van der Waals surface area (Å²) >= 11 is 3.39. The number of hydrogen-bond donors (Lipinski definition) is 3. The summed E-state index contributed by atoms with van der Waals surface area (Å²) in [7, 11) is 0. The largest absolute Gasteiger partial charge is 0.493 e. The monoisotopic (exact) mass is 529 g/mol. The molecule has 0 saturated heterocycles. The number of carbonyl (C=O) groups is 3. The third kappa shape index (κ3) is 9.11. The maximum Gasteiger partial charge on any atom is 0.328 e. The molecule has 0 aromatic heterocycles. The van der Waals surface area contributed by atoms with Gasteiger partial charge in [0.05, 0.1) is 6.61 Å². The number of nitrogens with one attached hydrogen (secondary N) is 1. The van der Waals surface area contributed by atoms with E-state index in [-0.39, 0.29) is 5.78 Å². The molecule has 7 nitrogen and oxygen atoms in total. The van der Waals surface area contributed by atoms with Crippen molar-refractivity contribution >= 4 is 33.7 Å². The van der Waals surface area contributed by atoms with Crippen molar-refractivity contribution in [2.24, 2.45) is 17.8 Å². The zero-order valence-electron chi connectivity index (χ0n) is 18.7. The maximum atomic E-state index is 12.5. The van der Waals surface area contributed by atoms with E-state index in [0.29, 0.717) is 29.2 Å². The van der Waals surface area contributed by atoms with Crippen LogP contribution in [-0.2, 0) is 9.59 Å². The zero-order valence-corrected chi connectivity index (χ0v) is 20.2. The van der Waals surface area contributed by atoms with Crippen LogP contribution in [-0.4, -0.2) is 47.6 Å². The highest BCUT2D eigenvalue weighted by Gasteiger charge is 2.37. The summed E-state index contributed by atoms with van der Waals surface area (Å²) in [6.07, 6.45) is 5.19. The van der Waals surface area contributed by atoms with Crippen LogP contribution in [0.3, 0.4) is 0 Å². The summed E-state index contributed by atoms with van der Waals surface area (Å²) in [5.41, 5.74) is 1.38. The third-order valence-corrected chi connectivity index (χ3v) is 6.19. The van der Waals surface area contributed by atoms with E-state index in [1.54, 1.807) is 0 Å². The lowest BCUT2D eigenvalue weighted by molar-refractivity contribution is -0.134. The van der Waals surface area contributed by atoms with Gasteiger partial charge in [-0.1, -0.05) is 15.9 Å². The van der Waals surface area contributed by atoms with Gasteiger partial charge in [0.2, 0.25) is 0 Å². The lowest BCUT2D eigenvalue weighted by Crippen LogP contribution is -2.20. The Kier molecular flexibility index (Phi) is 9.42. The quantitative estimate of drug-likeness (QED) is 0.292. The second-order valence-corrected chi connectivity index (χ2v) is 9.45. The smallest absolute Gasteiger partial charge is 0.328 e. The molecule has 0 bridgehead atoms. The number of ketones is 1. The first-order valence-electron chi connectivity index (χ1n) is 11.2. The Hall–Kier alpha value is -2.97. The first kappa shape index (κ1) is 25.6. The fourth-order valence-electron chi connectivity index (χ4n) is 3.38. The minimum absolute atomic E-state index is 0.0352. The average Bonchev–Trinajstić information content (AvgIpc) is 3.75. The van der Waals surface area contributed by atoms with Crippen molar-refractivity contribution in [2.75, 3.05) is 19.7 Å². The Morgan fingerprint density at radius 2 is 1.44 bits per heavy atom. The molecule has 0 radical (unpaired) electrons. The first-order valence-corrected chi connectivity index (χ1v) is 12.0. The van der Waals surface area contributed by atoms with Gasteiger partial charge in [-0.05, 0) is 98.6 Å². The van der Waals surface area contributed by atoms with Crippen LogP contribution in [0.2, 0.25) is 0 Å². The van der Waals surface area contributed by atoms with Crippen LogP contribution in [0, 0.1) is 17.8 Å². The molecular formula is C26H28BrNO6. The first-order chi connectivity index (χ1) is 16.3. The fraction of sp³-hybridized carbons (Fsp3) is 0.346. The van der Waals surface area contributed by atoms with E-state index in [1.807, 2.05) is 48.5 Å². The van der Waals surface area contributed by atoms with Gasteiger partial charge >= 0.3 is 11.9 Å². The molecule has 2 aromatic carbocycles. The van der Waals surface area contributed by atoms with Gasteiger partial charge in [-0.3, -0.25) is 4.79 Å². The van der Waals surface area contributed by atoms with Crippen LogP contribution >= 0.6 is 15.9 Å². The van der Waals surface area contributed by atoms with Crippen LogP contribution in [0.5, 0.6) is 5.75 Å². The van der Waals surface area contributed by atoms with Crippen LogP contribution in [0.15, 0.2) is 65.2 Å². The third-order valence-electron chi connectivity index (χ3n) is 5.66. The Balaban J connectivity index is 0.000000350. The highest BCUT2D eigenvalue weighted by atomic mass is 79.9. The van der Waals surface area contributed by atoms with Crippen LogP contribution in [0.1, 0.15) is 35.2 Å². The summed E-state index contributed by atoms with van der Waals surface area (Å²) in [6.45, 7) is 3.10. The van der Waals surface area contributed by atoms with E-state index in [2.05, 4.69) is 21.2 Å². The number of carboxylic acids is 2.